The second kappa shape index (κ2) is 9.42. The first-order chi connectivity index (χ1) is 5.59. The molecule has 0 rings (SSSR count). The Kier molecular flexibility index (Phi) is 10.2. The first-order valence-electron chi connectivity index (χ1n) is 3.27. The number of hydrogen-bond donors (Lipinski definition) is 2. The van der Waals surface area contributed by atoms with Gasteiger partial charge in [0.2, 0.25) is 6.41 Å². The van der Waals surface area contributed by atoms with Gasteiger partial charge >= 0.3 is 5.97 Å². The highest BCUT2D eigenvalue weighted by Gasteiger charge is 1.93. The highest BCUT2D eigenvalue weighted by atomic mass is 16.4. The second-order valence-electron chi connectivity index (χ2n) is 1.77. The Morgan fingerprint density at radius 1 is 1.58 bits per heavy atom. The number of carboxylic acid groups (broad SMARTS) is 1. The second-order valence-corrected chi connectivity index (χ2v) is 1.77. The minimum atomic E-state index is -0.845. The van der Waals surface area contributed by atoms with Gasteiger partial charge in [-0.05, 0) is 20.0 Å². The highest BCUT2D eigenvalue weighted by Crippen LogP contribution is 1.87. The monoisotopic (exact) mass is 171 g/mol. The molecular weight excluding hydrogens is 158 g/mol. The first kappa shape index (κ1) is 13.0. The van der Waals surface area contributed by atoms with E-state index in [0.717, 1.165) is 0 Å². The molecule has 0 bridgehead atoms. The number of hydrogen-bond acceptors (Lipinski definition) is 2. The van der Waals surface area contributed by atoms with Gasteiger partial charge in [0.1, 0.15) is 0 Å². The minimum Gasteiger partial charge on any atom is -0.478 e. The normalized spacial score (nSPS) is 9.00. The Bertz CT molecular complexity index is 179. The fourth-order valence-electron chi connectivity index (χ4n) is 0.172. The van der Waals surface area contributed by atoms with Crippen LogP contribution in [0.1, 0.15) is 13.8 Å². The molecule has 0 aromatic heterocycles. The molecule has 0 saturated heterocycles. The molecule has 0 spiro atoms. The SMILES string of the molecule is C=CNC=O.CC=C(C)C(=O)O. The van der Waals surface area contributed by atoms with E-state index in [4.69, 9.17) is 5.11 Å². The van der Waals surface area contributed by atoms with E-state index in [-0.39, 0.29) is 0 Å². The van der Waals surface area contributed by atoms with Crippen LogP contribution in [0.25, 0.3) is 0 Å². The van der Waals surface area contributed by atoms with Gasteiger partial charge < -0.3 is 10.4 Å². The Balaban J connectivity index is 0. The van der Waals surface area contributed by atoms with E-state index < -0.39 is 5.97 Å². The van der Waals surface area contributed by atoms with Gasteiger partial charge in [0.05, 0.1) is 0 Å². The Hall–Kier alpha value is -1.58. The summed E-state index contributed by atoms with van der Waals surface area (Å²) in [5.41, 5.74) is 0.389. The summed E-state index contributed by atoms with van der Waals surface area (Å²) in [6.45, 7) is 6.46. The zero-order chi connectivity index (χ0) is 9.98. The predicted molar refractivity (Wildman–Crippen MR) is 46.5 cm³/mol. The molecule has 4 heteroatoms. The Labute approximate surface area is 71.6 Å². The molecule has 0 atom stereocenters. The number of amides is 1. The van der Waals surface area contributed by atoms with Crippen LogP contribution in [-0.4, -0.2) is 17.5 Å². The Morgan fingerprint density at radius 3 is 2.08 bits per heavy atom. The summed E-state index contributed by atoms with van der Waals surface area (Å²) >= 11 is 0. The molecule has 0 aliphatic heterocycles. The van der Waals surface area contributed by atoms with Crippen LogP contribution in [-0.2, 0) is 9.59 Å². The standard InChI is InChI=1S/C5H8O2.C3H5NO/c1-3-4(2)5(6)7;1-2-4-3-5/h3H,1-2H3,(H,6,7);2-3H,1H2,(H,4,5). The molecule has 68 valence electrons. The third-order valence-corrected chi connectivity index (χ3v) is 0.956. The zero-order valence-corrected chi connectivity index (χ0v) is 7.20. The van der Waals surface area contributed by atoms with Crippen molar-refractivity contribution in [2.45, 2.75) is 13.8 Å². The van der Waals surface area contributed by atoms with Crippen molar-refractivity contribution in [3.8, 4) is 0 Å². The molecule has 0 heterocycles. The van der Waals surface area contributed by atoms with Crippen LogP contribution in [0.4, 0.5) is 0 Å². The lowest BCUT2D eigenvalue weighted by molar-refractivity contribution is -0.132. The summed E-state index contributed by atoms with van der Waals surface area (Å²) in [4.78, 5) is 19.1. The van der Waals surface area contributed by atoms with Gasteiger partial charge in [0, 0.05) is 5.57 Å². The smallest absolute Gasteiger partial charge is 0.330 e. The number of aliphatic carboxylic acids is 1. The minimum absolute atomic E-state index is 0.389. The molecule has 2 N–H and O–H groups in total. The number of nitrogens with one attached hydrogen (secondary N) is 1. The third kappa shape index (κ3) is 11.2. The van der Waals surface area contributed by atoms with Crippen LogP contribution in [0.15, 0.2) is 24.4 Å². The summed E-state index contributed by atoms with van der Waals surface area (Å²) < 4.78 is 0. The summed E-state index contributed by atoms with van der Waals surface area (Å²) in [5.74, 6) is -0.845. The lowest BCUT2D eigenvalue weighted by Gasteiger charge is -1.84. The molecule has 0 aromatic rings. The van der Waals surface area contributed by atoms with E-state index in [2.05, 4.69) is 11.9 Å². The quantitative estimate of drug-likeness (QED) is 0.490. The molecule has 12 heavy (non-hydrogen) atoms. The van der Waals surface area contributed by atoms with Crippen molar-refractivity contribution in [2.24, 2.45) is 0 Å². The van der Waals surface area contributed by atoms with Gasteiger partial charge in [0.25, 0.3) is 0 Å². The topological polar surface area (TPSA) is 66.4 Å². The first-order valence-corrected chi connectivity index (χ1v) is 3.27. The molecular formula is C8H13NO3. The molecule has 0 unspecified atom stereocenters. The van der Waals surface area contributed by atoms with Crippen molar-refractivity contribution in [3.63, 3.8) is 0 Å². The third-order valence-electron chi connectivity index (χ3n) is 0.956. The molecule has 0 saturated carbocycles. The lowest BCUT2D eigenvalue weighted by Crippen LogP contribution is -1.96. The van der Waals surface area contributed by atoms with Crippen LogP contribution < -0.4 is 5.32 Å². The number of carboxylic acids is 1. The maximum absolute atomic E-state index is 9.86. The summed E-state index contributed by atoms with van der Waals surface area (Å²) in [6.07, 6.45) is 3.43. The van der Waals surface area contributed by atoms with E-state index in [1.165, 1.54) is 6.20 Å². The van der Waals surface area contributed by atoms with Gasteiger partial charge in [-0.15, -0.1) is 0 Å². The fourth-order valence-corrected chi connectivity index (χ4v) is 0.172. The lowest BCUT2D eigenvalue weighted by atomic mass is 10.3. The highest BCUT2D eigenvalue weighted by molar-refractivity contribution is 5.85. The molecule has 0 radical (unpaired) electrons. The average Bonchev–Trinajstić information content (AvgIpc) is 2.05. The molecule has 4 nitrogen and oxygen atoms in total. The van der Waals surface area contributed by atoms with Gasteiger partial charge in [-0.2, -0.15) is 0 Å². The van der Waals surface area contributed by atoms with Crippen LogP contribution in [0.3, 0.4) is 0 Å². The van der Waals surface area contributed by atoms with E-state index in [0.29, 0.717) is 12.0 Å². The van der Waals surface area contributed by atoms with Gasteiger partial charge in [-0.3, -0.25) is 4.79 Å². The van der Waals surface area contributed by atoms with Crippen LogP contribution in [0.2, 0.25) is 0 Å². The largest absolute Gasteiger partial charge is 0.478 e. The number of rotatable bonds is 3. The van der Waals surface area contributed by atoms with Crippen molar-refractivity contribution < 1.29 is 14.7 Å². The number of carbonyl (C=O) groups excluding carboxylic acids is 1. The van der Waals surface area contributed by atoms with E-state index in [9.17, 15) is 9.59 Å². The van der Waals surface area contributed by atoms with Crippen molar-refractivity contribution in [1.82, 2.24) is 5.32 Å². The fraction of sp³-hybridized carbons (Fsp3) is 0.250. The molecule has 0 aliphatic carbocycles. The molecule has 1 amide bonds. The van der Waals surface area contributed by atoms with Gasteiger partial charge in [-0.1, -0.05) is 12.7 Å². The summed E-state index contributed by atoms with van der Waals surface area (Å²) in [5, 5.41) is 10.3. The summed E-state index contributed by atoms with van der Waals surface area (Å²) in [7, 11) is 0. The molecule has 0 fully saturated rings. The van der Waals surface area contributed by atoms with Gasteiger partial charge in [0.15, 0.2) is 0 Å². The number of allylic oxidation sites excluding steroid dienone is 1. The van der Waals surface area contributed by atoms with Crippen molar-refractivity contribution in [1.29, 1.82) is 0 Å². The number of carbonyl (C=O) groups is 2. The maximum atomic E-state index is 9.86. The van der Waals surface area contributed by atoms with Crippen molar-refractivity contribution in [2.75, 3.05) is 0 Å². The van der Waals surface area contributed by atoms with Crippen LogP contribution in [0, 0.1) is 0 Å². The van der Waals surface area contributed by atoms with Crippen LogP contribution >= 0.6 is 0 Å². The van der Waals surface area contributed by atoms with E-state index in [1.54, 1.807) is 19.9 Å². The molecule has 0 aliphatic rings. The maximum Gasteiger partial charge on any atom is 0.330 e. The van der Waals surface area contributed by atoms with Crippen molar-refractivity contribution in [3.05, 3.63) is 24.4 Å². The zero-order valence-electron chi connectivity index (χ0n) is 7.20. The predicted octanol–water partition coefficient (Wildman–Crippen LogP) is 0.913. The molecule has 0 aromatic carbocycles. The van der Waals surface area contributed by atoms with E-state index >= 15 is 0 Å². The average molecular weight is 171 g/mol. The van der Waals surface area contributed by atoms with Crippen LogP contribution in [0.5, 0.6) is 0 Å². The van der Waals surface area contributed by atoms with Crippen molar-refractivity contribution >= 4 is 12.4 Å². The van der Waals surface area contributed by atoms with E-state index in [1.807, 2.05) is 0 Å². The van der Waals surface area contributed by atoms with Gasteiger partial charge in [-0.25, -0.2) is 4.79 Å². The Morgan fingerprint density at radius 2 is 2.08 bits per heavy atom. The summed E-state index contributed by atoms with van der Waals surface area (Å²) in [6, 6.07) is 0.